The number of benzene rings is 3. The largest absolute Gasteiger partial charge is 0.496 e. The van der Waals surface area contributed by atoms with Gasteiger partial charge in [-0.05, 0) is 36.8 Å². The topological polar surface area (TPSA) is 106 Å². The zero-order valence-corrected chi connectivity index (χ0v) is 20.0. The molecule has 8 nitrogen and oxygen atoms in total. The predicted octanol–water partition coefficient (Wildman–Crippen LogP) is 4.97. The van der Waals surface area contributed by atoms with Crippen LogP contribution in [0.1, 0.15) is 28.9 Å². The van der Waals surface area contributed by atoms with E-state index >= 15 is 0 Å². The number of hydrogen-bond acceptors (Lipinski definition) is 7. The summed E-state index contributed by atoms with van der Waals surface area (Å²) in [6.45, 7) is 1.91. The third-order valence-corrected chi connectivity index (χ3v) is 5.98. The van der Waals surface area contributed by atoms with Crippen molar-refractivity contribution in [2.24, 2.45) is 0 Å². The van der Waals surface area contributed by atoms with Crippen molar-refractivity contribution in [1.82, 2.24) is 15.5 Å². The van der Waals surface area contributed by atoms with Crippen LogP contribution in [0.2, 0.25) is 0 Å². The zero-order valence-electron chi connectivity index (χ0n) is 19.2. The molecule has 4 aromatic rings. The number of thioether (sulfide) groups is 1. The molecule has 4 rings (SSSR count). The lowest BCUT2D eigenvalue weighted by atomic mass is 10.1. The Kier molecular flexibility index (Phi) is 7.79. The summed E-state index contributed by atoms with van der Waals surface area (Å²) in [4.78, 5) is 25.5. The summed E-state index contributed by atoms with van der Waals surface area (Å²) in [7, 11) is 1.57. The standard InChI is InChI=1S/C26H24N4O4S/c1-17(18-10-4-3-5-11-18)27-24(32)19-12-6-8-14-21(19)28-23(31)16-35-26-30-29-25(34-26)20-13-7-9-15-22(20)33-2/h3-15,17H,16H2,1-2H3,(H,27,32)(H,28,31)/t17-/m1/s1. The lowest BCUT2D eigenvalue weighted by molar-refractivity contribution is -0.113. The van der Waals surface area contributed by atoms with Gasteiger partial charge in [0, 0.05) is 0 Å². The van der Waals surface area contributed by atoms with E-state index in [-0.39, 0.29) is 28.8 Å². The third kappa shape index (κ3) is 6.07. The number of aromatic nitrogens is 2. The monoisotopic (exact) mass is 488 g/mol. The molecular formula is C26H24N4O4S. The molecule has 2 N–H and O–H groups in total. The second kappa shape index (κ2) is 11.3. The van der Waals surface area contributed by atoms with Crippen LogP contribution in [0.15, 0.2) is 88.5 Å². The van der Waals surface area contributed by atoms with E-state index in [9.17, 15) is 9.59 Å². The van der Waals surface area contributed by atoms with Gasteiger partial charge < -0.3 is 19.8 Å². The number of para-hydroxylation sites is 2. The Morgan fingerprint density at radius 3 is 2.49 bits per heavy atom. The molecule has 0 radical (unpaired) electrons. The predicted molar refractivity (Wildman–Crippen MR) is 134 cm³/mol. The van der Waals surface area contributed by atoms with Gasteiger partial charge in [-0.2, -0.15) is 0 Å². The lowest BCUT2D eigenvalue weighted by Gasteiger charge is -2.16. The van der Waals surface area contributed by atoms with Crippen molar-refractivity contribution in [2.75, 3.05) is 18.2 Å². The van der Waals surface area contributed by atoms with E-state index in [0.29, 0.717) is 28.5 Å². The summed E-state index contributed by atoms with van der Waals surface area (Å²) in [6, 6.07) is 23.7. The van der Waals surface area contributed by atoms with Crippen LogP contribution in [0.4, 0.5) is 5.69 Å². The molecule has 0 bridgehead atoms. The second-order valence-corrected chi connectivity index (χ2v) is 8.49. The first-order chi connectivity index (χ1) is 17.0. The van der Waals surface area contributed by atoms with Gasteiger partial charge in [-0.1, -0.05) is 66.4 Å². The number of anilines is 1. The summed E-state index contributed by atoms with van der Waals surface area (Å²) < 4.78 is 11.0. The number of methoxy groups -OCH3 is 1. The Morgan fingerprint density at radius 2 is 1.69 bits per heavy atom. The Balaban J connectivity index is 1.37. The first-order valence-electron chi connectivity index (χ1n) is 10.9. The van der Waals surface area contributed by atoms with Crippen LogP contribution in [-0.2, 0) is 4.79 Å². The van der Waals surface area contributed by atoms with E-state index in [0.717, 1.165) is 17.3 Å². The van der Waals surface area contributed by atoms with Gasteiger partial charge in [-0.25, -0.2) is 0 Å². The van der Waals surface area contributed by atoms with Gasteiger partial charge in [0.1, 0.15) is 5.75 Å². The molecule has 0 aliphatic heterocycles. The van der Waals surface area contributed by atoms with Crippen LogP contribution in [-0.4, -0.2) is 34.9 Å². The maximum absolute atomic E-state index is 12.9. The molecule has 1 heterocycles. The van der Waals surface area contributed by atoms with Crippen molar-refractivity contribution in [2.45, 2.75) is 18.2 Å². The highest BCUT2D eigenvalue weighted by atomic mass is 32.2. The SMILES string of the molecule is COc1ccccc1-c1nnc(SCC(=O)Nc2ccccc2C(=O)N[C@H](C)c2ccccc2)o1. The first kappa shape index (κ1) is 24.0. The van der Waals surface area contributed by atoms with Crippen molar-refractivity contribution < 1.29 is 18.7 Å². The van der Waals surface area contributed by atoms with Gasteiger partial charge in [-0.15, -0.1) is 10.2 Å². The van der Waals surface area contributed by atoms with Gasteiger partial charge in [0.05, 0.1) is 35.7 Å². The molecule has 9 heteroatoms. The molecule has 0 saturated carbocycles. The molecule has 35 heavy (non-hydrogen) atoms. The number of carbonyl (C=O) groups is 2. The van der Waals surface area contributed by atoms with Crippen LogP contribution in [0.3, 0.4) is 0 Å². The minimum Gasteiger partial charge on any atom is -0.496 e. The van der Waals surface area contributed by atoms with Gasteiger partial charge in [0.2, 0.25) is 5.91 Å². The summed E-state index contributed by atoms with van der Waals surface area (Å²) in [5.74, 6) is 0.373. The lowest BCUT2D eigenvalue weighted by Crippen LogP contribution is -2.28. The van der Waals surface area contributed by atoms with E-state index in [1.54, 1.807) is 37.4 Å². The minimum atomic E-state index is -0.302. The van der Waals surface area contributed by atoms with E-state index in [1.807, 2.05) is 55.5 Å². The maximum atomic E-state index is 12.9. The molecular weight excluding hydrogens is 464 g/mol. The molecule has 1 atom stereocenters. The normalized spacial score (nSPS) is 11.5. The molecule has 3 aromatic carbocycles. The Hall–Kier alpha value is -4.11. The Morgan fingerprint density at radius 1 is 0.971 bits per heavy atom. The molecule has 1 aromatic heterocycles. The van der Waals surface area contributed by atoms with Crippen LogP contribution < -0.4 is 15.4 Å². The number of rotatable bonds is 9. The Bertz CT molecular complexity index is 1310. The van der Waals surface area contributed by atoms with Crippen molar-refractivity contribution in [1.29, 1.82) is 0 Å². The average Bonchev–Trinajstić information content (AvgIpc) is 3.37. The van der Waals surface area contributed by atoms with Crippen molar-refractivity contribution in [3.05, 3.63) is 90.0 Å². The van der Waals surface area contributed by atoms with E-state index in [1.165, 1.54) is 0 Å². The van der Waals surface area contributed by atoms with Crippen LogP contribution >= 0.6 is 11.8 Å². The number of amides is 2. The quantitative estimate of drug-likeness (QED) is 0.321. The number of nitrogens with one attached hydrogen (secondary N) is 2. The minimum absolute atomic E-state index is 0.0317. The molecule has 0 unspecified atom stereocenters. The molecule has 0 saturated heterocycles. The van der Waals surface area contributed by atoms with Crippen LogP contribution in [0.5, 0.6) is 5.75 Å². The smallest absolute Gasteiger partial charge is 0.277 e. The van der Waals surface area contributed by atoms with Gasteiger partial charge in [-0.3, -0.25) is 9.59 Å². The van der Waals surface area contributed by atoms with Gasteiger partial charge >= 0.3 is 0 Å². The van der Waals surface area contributed by atoms with Gasteiger partial charge in [0.15, 0.2) is 0 Å². The van der Waals surface area contributed by atoms with E-state index < -0.39 is 0 Å². The number of nitrogens with zero attached hydrogens (tertiary/aromatic N) is 2. The number of carbonyl (C=O) groups excluding carboxylic acids is 2. The second-order valence-electron chi connectivity index (χ2n) is 7.56. The van der Waals surface area contributed by atoms with Crippen LogP contribution in [0.25, 0.3) is 11.5 Å². The third-order valence-electron chi connectivity index (χ3n) is 5.16. The van der Waals surface area contributed by atoms with Crippen molar-refractivity contribution >= 4 is 29.3 Å². The zero-order chi connectivity index (χ0) is 24.6. The van der Waals surface area contributed by atoms with Crippen LogP contribution in [0, 0.1) is 0 Å². The number of hydrogen-bond donors (Lipinski definition) is 2. The summed E-state index contributed by atoms with van der Waals surface area (Å²) in [5, 5.41) is 14.1. The summed E-state index contributed by atoms with van der Waals surface area (Å²) >= 11 is 1.11. The molecule has 0 fully saturated rings. The van der Waals surface area contributed by atoms with Gasteiger partial charge in [0.25, 0.3) is 17.0 Å². The molecule has 178 valence electrons. The number of ether oxygens (including phenoxy) is 1. The van der Waals surface area contributed by atoms with E-state index in [4.69, 9.17) is 9.15 Å². The fourth-order valence-electron chi connectivity index (χ4n) is 3.40. The first-order valence-corrected chi connectivity index (χ1v) is 11.9. The molecule has 0 aliphatic rings. The maximum Gasteiger partial charge on any atom is 0.277 e. The molecule has 0 spiro atoms. The highest BCUT2D eigenvalue weighted by molar-refractivity contribution is 7.99. The summed E-state index contributed by atoms with van der Waals surface area (Å²) in [5.41, 5.74) is 2.47. The molecule has 2 amide bonds. The fourth-order valence-corrected chi connectivity index (χ4v) is 3.96. The fraction of sp³-hybridized carbons (Fsp3) is 0.154. The Labute approximate surface area is 207 Å². The summed E-state index contributed by atoms with van der Waals surface area (Å²) in [6.07, 6.45) is 0. The van der Waals surface area contributed by atoms with Crippen molar-refractivity contribution in [3.8, 4) is 17.2 Å². The highest BCUT2D eigenvalue weighted by Crippen LogP contribution is 2.30. The average molecular weight is 489 g/mol. The van der Waals surface area contributed by atoms with E-state index in [2.05, 4.69) is 20.8 Å². The molecule has 0 aliphatic carbocycles. The highest BCUT2D eigenvalue weighted by Gasteiger charge is 2.18. The van der Waals surface area contributed by atoms with Crippen molar-refractivity contribution in [3.63, 3.8) is 0 Å².